The van der Waals surface area contributed by atoms with Gasteiger partial charge in [-0.3, -0.25) is 0 Å². The Balaban J connectivity index is 2.52. The van der Waals surface area contributed by atoms with Crippen molar-refractivity contribution < 1.29 is 0 Å². The number of pyridine rings is 1. The molecule has 0 saturated heterocycles. The summed E-state index contributed by atoms with van der Waals surface area (Å²) >= 11 is 0. The molecule has 0 amide bonds. The van der Waals surface area contributed by atoms with Crippen LogP contribution in [0.3, 0.4) is 0 Å². The van der Waals surface area contributed by atoms with E-state index in [1.807, 2.05) is 6.92 Å². The Labute approximate surface area is 111 Å². The van der Waals surface area contributed by atoms with E-state index in [4.69, 9.17) is 5.73 Å². The van der Waals surface area contributed by atoms with Crippen LogP contribution in [-0.4, -0.2) is 18.1 Å². The molecule has 0 atom stereocenters. The van der Waals surface area contributed by atoms with E-state index in [1.165, 1.54) is 5.57 Å². The lowest BCUT2D eigenvalue weighted by Gasteiger charge is -2.08. The van der Waals surface area contributed by atoms with Crippen molar-refractivity contribution in [2.24, 2.45) is 5.92 Å². The van der Waals surface area contributed by atoms with Gasteiger partial charge >= 0.3 is 0 Å². The van der Waals surface area contributed by atoms with E-state index < -0.39 is 0 Å². The molecule has 0 aliphatic heterocycles. The molecule has 1 aromatic heterocycles. The number of nitrogens with zero attached hydrogens (tertiary/aromatic N) is 1. The summed E-state index contributed by atoms with van der Waals surface area (Å²) in [6, 6.07) is 2.09. The highest BCUT2D eigenvalue weighted by molar-refractivity contribution is 5.71. The molecule has 1 heterocycles. The normalized spacial score (nSPS) is 12.2. The highest BCUT2D eigenvalue weighted by atomic mass is 14.8. The third-order valence-electron chi connectivity index (χ3n) is 2.80. The average molecular weight is 247 g/mol. The van der Waals surface area contributed by atoms with Gasteiger partial charge in [-0.15, -0.1) is 0 Å². The molecule has 0 aromatic carbocycles. The van der Waals surface area contributed by atoms with Crippen molar-refractivity contribution in [3.63, 3.8) is 0 Å². The van der Waals surface area contributed by atoms with Gasteiger partial charge in [0.2, 0.25) is 0 Å². The van der Waals surface area contributed by atoms with Crippen LogP contribution in [0, 0.1) is 12.8 Å². The first kappa shape index (κ1) is 14.7. The van der Waals surface area contributed by atoms with E-state index in [0.717, 1.165) is 30.6 Å². The van der Waals surface area contributed by atoms with E-state index in [-0.39, 0.29) is 0 Å². The van der Waals surface area contributed by atoms with Gasteiger partial charge in [-0.25, -0.2) is 4.98 Å². The quantitative estimate of drug-likeness (QED) is 0.760. The number of nitrogens with one attached hydrogen (secondary N) is 1. The van der Waals surface area contributed by atoms with Crippen molar-refractivity contribution in [2.75, 3.05) is 18.8 Å². The van der Waals surface area contributed by atoms with Gasteiger partial charge in [-0.2, -0.15) is 0 Å². The zero-order chi connectivity index (χ0) is 13.5. The second-order valence-corrected chi connectivity index (χ2v) is 5.22. The summed E-state index contributed by atoms with van der Waals surface area (Å²) in [5.41, 5.74) is 9.29. The number of nitrogens with two attached hydrogens (primary N) is 1. The first-order valence-electron chi connectivity index (χ1n) is 6.60. The van der Waals surface area contributed by atoms with Crippen LogP contribution < -0.4 is 11.1 Å². The fourth-order valence-electron chi connectivity index (χ4n) is 1.79. The van der Waals surface area contributed by atoms with Crippen LogP contribution >= 0.6 is 0 Å². The lowest BCUT2D eigenvalue weighted by molar-refractivity contribution is 0.557. The van der Waals surface area contributed by atoms with Crippen LogP contribution in [0.1, 0.15) is 38.3 Å². The third kappa shape index (κ3) is 4.88. The highest BCUT2D eigenvalue weighted by Crippen LogP contribution is 2.20. The summed E-state index contributed by atoms with van der Waals surface area (Å²) in [5.74, 6) is 1.32. The fourth-order valence-corrected chi connectivity index (χ4v) is 1.79. The second-order valence-electron chi connectivity index (χ2n) is 5.22. The van der Waals surface area contributed by atoms with Gasteiger partial charge in [-0.1, -0.05) is 19.9 Å². The molecule has 1 rings (SSSR count). The Bertz CT molecular complexity index is 408. The SMILES string of the molecule is CC(=CCCNCC(C)C)c1cc(C)cnc1N. The van der Waals surface area contributed by atoms with Crippen molar-refractivity contribution in [3.05, 3.63) is 29.5 Å². The maximum atomic E-state index is 5.89. The molecule has 0 bridgehead atoms. The summed E-state index contributed by atoms with van der Waals surface area (Å²) in [7, 11) is 0. The second kappa shape index (κ2) is 7.17. The first-order chi connectivity index (χ1) is 8.50. The molecule has 100 valence electrons. The van der Waals surface area contributed by atoms with Gasteiger partial charge in [0.15, 0.2) is 0 Å². The number of nitrogen functional groups attached to an aromatic ring is 1. The van der Waals surface area contributed by atoms with Gasteiger partial charge in [-0.05, 0) is 56.5 Å². The predicted octanol–water partition coefficient (Wildman–Crippen LogP) is 3.01. The van der Waals surface area contributed by atoms with E-state index in [0.29, 0.717) is 11.7 Å². The molecule has 0 fully saturated rings. The van der Waals surface area contributed by atoms with Gasteiger partial charge in [0.05, 0.1) is 0 Å². The minimum absolute atomic E-state index is 0.615. The lowest BCUT2D eigenvalue weighted by atomic mass is 10.1. The largest absolute Gasteiger partial charge is 0.383 e. The summed E-state index contributed by atoms with van der Waals surface area (Å²) in [6.07, 6.45) is 5.04. The van der Waals surface area contributed by atoms with Crippen LogP contribution in [0.2, 0.25) is 0 Å². The molecule has 0 aliphatic rings. The molecule has 0 saturated carbocycles. The zero-order valence-corrected chi connectivity index (χ0v) is 12.0. The number of hydrogen-bond donors (Lipinski definition) is 2. The standard InChI is InChI=1S/C15H25N3/c1-11(2)9-17-7-5-6-13(4)14-8-12(3)10-18-15(14)16/h6,8,10-11,17H,5,7,9H2,1-4H3,(H2,16,18). The molecule has 18 heavy (non-hydrogen) atoms. The number of anilines is 1. The molecular weight excluding hydrogens is 222 g/mol. The Kier molecular flexibility index (Phi) is 5.86. The molecule has 3 nitrogen and oxygen atoms in total. The molecule has 3 N–H and O–H groups in total. The summed E-state index contributed by atoms with van der Waals surface area (Å²) in [6.45, 7) is 10.6. The van der Waals surface area contributed by atoms with E-state index in [2.05, 4.69) is 43.2 Å². The van der Waals surface area contributed by atoms with Crippen molar-refractivity contribution in [1.29, 1.82) is 0 Å². The molecule has 3 heteroatoms. The van der Waals surface area contributed by atoms with Crippen LogP contribution in [0.15, 0.2) is 18.3 Å². The lowest BCUT2D eigenvalue weighted by Crippen LogP contribution is -2.20. The zero-order valence-electron chi connectivity index (χ0n) is 12.0. The van der Waals surface area contributed by atoms with Crippen molar-refractivity contribution in [1.82, 2.24) is 10.3 Å². The molecule has 0 radical (unpaired) electrons. The smallest absolute Gasteiger partial charge is 0.130 e. The van der Waals surface area contributed by atoms with E-state index >= 15 is 0 Å². The maximum Gasteiger partial charge on any atom is 0.130 e. The van der Waals surface area contributed by atoms with Crippen molar-refractivity contribution in [2.45, 2.75) is 34.1 Å². The number of aromatic nitrogens is 1. The number of rotatable bonds is 6. The van der Waals surface area contributed by atoms with Gasteiger partial charge in [0, 0.05) is 11.8 Å². The molecule has 0 aliphatic carbocycles. The van der Waals surface area contributed by atoms with Crippen molar-refractivity contribution in [3.8, 4) is 0 Å². The van der Waals surface area contributed by atoms with E-state index in [9.17, 15) is 0 Å². The van der Waals surface area contributed by atoms with Crippen LogP contribution in [0.5, 0.6) is 0 Å². The number of aryl methyl sites for hydroxylation is 1. The summed E-state index contributed by atoms with van der Waals surface area (Å²) in [4.78, 5) is 4.19. The monoisotopic (exact) mass is 247 g/mol. The highest BCUT2D eigenvalue weighted by Gasteiger charge is 2.02. The minimum Gasteiger partial charge on any atom is -0.383 e. The van der Waals surface area contributed by atoms with Gasteiger partial charge in [0.1, 0.15) is 5.82 Å². The summed E-state index contributed by atoms with van der Waals surface area (Å²) in [5, 5.41) is 3.43. The topological polar surface area (TPSA) is 50.9 Å². The van der Waals surface area contributed by atoms with Crippen LogP contribution in [-0.2, 0) is 0 Å². The predicted molar refractivity (Wildman–Crippen MR) is 79.4 cm³/mol. The Morgan fingerprint density at radius 1 is 1.50 bits per heavy atom. The Morgan fingerprint density at radius 2 is 2.22 bits per heavy atom. The van der Waals surface area contributed by atoms with Crippen LogP contribution in [0.4, 0.5) is 5.82 Å². The fraction of sp³-hybridized carbons (Fsp3) is 0.533. The Hall–Kier alpha value is -1.35. The van der Waals surface area contributed by atoms with Crippen LogP contribution in [0.25, 0.3) is 5.57 Å². The molecule has 0 unspecified atom stereocenters. The van der Waals surface area contributed by atoms with E-state index in [1.54, 1.807) is 6.20 Å². The van der Waals surface area contributed by atoms with Gasteiger partial charge in [0.25, 0.3) is 0 Å². The van der Waals surface area contributed by atoms with Crippen molar-refractivity contribution >= 4 is 11.4 Å². The first-order valence-corrected chi connectivity index (χ1v) is 6.60. The molecule has 1 aromatic rings. The third-order valence-corrected chi connectivity index (χ3v) is 2.80. The summed E-state index contributed by atoms with van der Waals surface area (Å²) < 4.78 is 0. The Morgan fingerprint density at radius 3 is 2.89 bits per heavy atom. The average Bonchev–Trinajstić information content (AvgIpc) is 2.31. The maximum absolute atomic E-state index is 5.89. The number of hydrogen-bond acceptors (Lipinski definition) is 3. The molecular formula is C15H25N3. The molecule has 0 spiro atoms. The minimum atomic E-state index is 0.615. The number of allylic oxidation sites excluding steroid dienone is 1. The van der Waals surface area contributed by atoms with Gasteiger partial charge < -0.3 is 11.1 Å².